The molecule has 0 aliphatic carbocycles. The summed E-state index contributed by atoms with van der Waals surface area (Å²) in [5.74, 6) is -0.128. The zero-order valence-electron chi connectivity index (χ0n) is 6.51. The van der Waals surface area contributed by atoms with Crippen LogP contribution in [0.15, 0.2) is 23.6 Å². The Morgan fingerprint density at radius 1 is 1.42 bits per heavy atom. The molecule has 2 rings (SSSR count). The Hall–Kier alpha value is -0.890. The number of fused-ring (bicyclic) bond motifs is 1. The van der Waals surface area contributed by atoms with Gasteiger partial charge in [0.25, 0.3) is 0 Å². The van der Waals surface area contributed by atoms with Crippen LogP contribution in [0.1, 0.15) is 5.56 Å². The summed E-state index contributed by atoms with van der Waals surface area (Å²) in [4.78, 5) is 0. The highest BCUT2D eigenvalue weighted by molar-refractivity contribution is 7.17. The van der Waals surface area contributed by atoms with E-state index in [-0.39, 0.29) is 5.82 Å². The minimum Gasteiger partial charge on any atom is -0.205 e. The van der Waals surface area contributed by atoms with Crippen molar-refractivity contribution in [2.24, 2.45) is 0 Å². The molecule has 0 aliphatic heterocycles. The lowest BCUT2D eigenvalue weighted by Gasteiger charge is -1.93. The summed E-state index contributed by atoms with van der Waals surface area (Å²) in [6.07, 6.45) is 0.726. The van der Waals surface area contributed by atoms with E-state index in [9.17, 15) is 4.39 Å². The highest BCUT2D eigenvalue weighted by atomic mass is 32.1. The highest BCUT2D eigenvalue weighted by Gasteiger charge is 2.04. The zero-order valence-corrected chi connectivity index (χ0v) is 7.33. The molecule has 0 aliphatic rings. The molecular weight excluding hydrogens is 171 g/mol. The molecule has 1 aromatic carbocycles. The van der Waals surface area contributed by atoms with Gasteiger partial charge in [0.1, 0.15) is 5.82 Å². The average molecular weight is 179 g/mol. The van der Waals surface area contributed by atoms with E-state index in [0.29, 0.717) is 0 Å². The van der Waals surface area contributed by atoms with Gasteiger partial charge < -0.3 is 0 Å². The lowest BCUT2D eigenvalue weighted by molar-refractivity contribution is 0.641. The van der Waals surface area contributed by atoms with Gasteiger partial charge in [0.05, 0.1) is 4.70 Å². The van der Waals surface area contributed by atoms with Crippen molar-refractivity contribution in [3.8, 4) is 0 Å². The van der Waals surface area contributed by atoms with Crippen LogP contribution in [0.2, 0.25) is 0 Å². The molecule has 0 atom stereocenters. The van der Waals surface area contributed by atoms with Gasteiger partial charge in [0.15, 0.2) is 0 Å². The molecule has 0 bridgehead atoms. The van der Waals surface area contributed by atoms with E-state index in [0.717, 1.165) is 22.1 Å². The van der Waals surface area contributed by atoms with Crippen LogP contribution in [-0.2, 0) is 6.42 Å². The third-order valence-corrected chi connectivity index (χ3v) is 2.95. The second-order valence-electron chi connectivity index (χ2n) is 2.63. The molecular formula is C10H8FS. The molecule has 2 aromatic rings. The lowest BCUT2D eigenvalue weighted by atomic mass is 10.1. The first-order valence-corrected chi connectivity index (χ1v) is 4.64. The number of thiophene rings is 1. The van der Waals surface area contributed by atoms with Gasteiger partial charge in [-0.3, -0.25) is 0 Å². The Balaban J connectivity index is 2.80. The van der Waals surface area contributed by atoms with E-state index in [4.69, 9.17) is 0 Å². The van der Waals surface area contributed by atoms with Crippen molar-refractivity contribution in [3.63, 3.8) is 0 Å². The highest BCUT2D eigenvalue weighted by Crippen LogP contribution is 2.28. The summed E-state index contributed by atoms with van der Waals surface area (Å²) in [5.41, 5.74) is 1.13. The Bertz CT molecular complexity index is 403. The topological polar surface area (TPSA) is 0 Å². The first kappa shape index (κ1) is 7.74. The molecule has 0 amide bonds. The normalized spacial score (nSPS) is 10.8. The van der Waals surface area contributed by atoms with Crippen molar-refractivity contribution >= 4 is 21.4 Å². The van der Waals surface area contributed by atoms with Crippen molar-refractivity contribution in [1.82, 2.24) is 0 Å². The summed E-state index contributed by atoms with van der Waals surface area (Å²) in [6, 6.07) is 5.17. The average Bonchev–Trinajstić information content (AvgIpc) is 2.49. The van der Waals surface area contributed by atoms with Gasteiger partial charge in [-0.1, -0.05) is 12.1 Å². The number of hydrogen-bond donors (Lipinski definition) is 0. The lowest BCUT2D eigenvalue weighted by Crippen LogP contribution is -1.77. The Morgan fingerprint density at radius 2 is 2.25 bits per heavy atom. The molecule has 0 saturated heterocycles. The van der Waals surface area contributed by atoms with Crippen molar-refractivity contribution in [1.29, 1.82) is 0 Å². The van der Waals surface area contributed by atoms with Crippen LogP contribution in [-0.4, -0.2) is 0 Å². The molecule has 0 nitrogen and oxygen atoms in total. The van der Waals surface area contributed by atoms with Crippen LogP contribution in [0.25, 0.3) is 10.1 Å². The van der Waals surface area contributed by atoms with Crippen molar-refractivity contribution in [2.75, 3.05) is 0 Å². The van der Waals surface area contributed by atoms with Crippen molar-refractivity contribution < 1.29 is 4.39 Å². The maximum absolute atomic E-state index is 13.1. The zero-order chi connectivity index (χ0) is 8.55. The Morgan fingerprint density at radius 3 is 3.00 bits per heavy atom. The van der Waals surface area contributed by atoms with Crippen LogP contribution >= 0.6 is 11.3 Å². The van der Waals surface area contributed by atoms with Gasteiger partial charge in [-0.25, -0.2) is 4.39 Å². The summed E-state index contributed by atoms with van der Waals surface area (Å²) >= 11 is 1.45. The molecule has 0 N–H and O–H groups in total. The Labute approximate surface area is 74.6 Å². The quantitative estimate of drug-likeness (QED) is 0.629. The first-order valence-electron chi connectivity index (χ1n) is 3.77. The van der Waals surface area contributed by atoms with E-state index in [1.807, 2.05) is 11.4 Å². The minimum atomic E-state index is -0.128. The predicted molar refractivity (Wildman–Crippen MR) is 50.8 cm³/mol. The standard InChI is InChI=1S/C10H8FS/c1-2-7-6-12-10-8(7)4-3-5-9(10)11/h3-6H,1-2H2. The first-order chi connectivity index (χ1) is 5.83. The summed E-state index contributed by atoms with van der Waals surface area (Å²) in [6.45, 7) is 3.79. The third-order valence-electron chi connectivity index (χ3n) is 1.90. The fourth-order valence-corrected chi connectivity index (χ4v) is 2.28. The number of rotatable bonds is 1. The summed E-state index contributed by atoms with van der Waals surface area (Å²) in [7, 11) is 0. The molecule has 2 heteroatoms. The number of hydrogen-bond acceptors (Lipinski definition) is 1. The predicted octanol–water partition coefficient (Wildman–Crippen LogP) is 3.42. The molecule has 0 unspecified atom stereocenters. The Kier molecular flexibility index (Phi) is 1.85. The fourth-order valence-electron chi connectivity index (χ4n) is 1.27. The van der Waals surface area contributed by atoms with Gasteiger partial charge in [0.2, 0.25) is 0 Å². The summed E-state index contributed by atoms with van der Waals surface area (Å²) in [5, 5.41) is 2.98. The largest absolute Gasteiger partial charge is 0.205 e. The second kappa shape index (κ2) is 2.87. The SMILES string of the molecule is [CH2]Cc1csc2c(F)cccc12. The number of halogens is 1. The van der Waals surface area contributed by atoms with Gasteiger partial charge in [-0.15, -0.1) is 11.3 Å². The molecule has 61 valence electrons. The van der Waals surface area contributed by atoms with Crippen LogP contribution in [0, 0.1) is 12.7 Å². The molecule has 1 heterocycles. The van der Waals surface area contributed by atoms with E-state index in [1.165, 1.54) is 17.4 Å². The van der Waals surface area contributed by atoms with Crippen molar-refractivity contribution in [3.05, 3.63) is 41.9 Å². The summed E-state index contributed by atoms with van der Waals surface area (Å²) < 4.78 is 13.9. The molecule has 0 fully saturated rings. The van der Waals surface area contributed by atoms with E-state index in [2.05, 4.69) is 6.92 Å². The second-order valence-corrected chi connectivity index (χ2v) is 3.51. The molecule has 12 heavy (non-hydrogen) atoms. The molecule has 0 spiro atoms. The monoisotopic (exact) mass is 179 g/mol. The molecule has 1 radical (unpaired) electrons. The van der Waals surface area contributed by atoms with E-state index >= 15 is 0 Å². The van der Waals surface area contributed by atoms with E-state index < -0.39 is 0 Å². The van der Waals surface area contributed by atoms with Crippen LogP contribution in [0.3, 0.4) is 0 Å². The van der Waals surface area contributed by atoms with Crippen LogP contribution in [0.4, 0.5) is 4.39 Å². The van der Waals surface area contributed by atoms with Gasteiger partial charge >= 0.3 is 0 Å². The van der Waals surface area contributed by atoms with Crippen LogP contribution in [0.5, 0.6) is 0 Å². The smallest absolute Gasteiger partial charge is 0.140 e. The number of benzene rings is 1. The molecule has 1 aromatic heterocycles. The maximum Gasteiger partial charge on any atom is 0.140 e. The molecule has 0 saturated carbocycles. The fraction of sp³-hybridized carbons (Fsp3) is 0.100. The van der Waals surface area contributed by atoms with Crippen LogP contribution < -0.4 is 0 Å². The van der Waals surface area contributed by atoms with Gasteiger partial charge in [0, 0.05) is 0 Å². The third kappa shape index (κ3) is 1.03. The van der Waals surface area contributed by atoms with Crippen molar-refractivity contribution in [2.45, 2.75) is 6.42 Å². The van der Waals surface area contributed by atoms with Gasteiger partial charge in [-0.05, 0) is 35.7 Å². The maximum atomic E-state index is 13.1. The van der Waals surface area contributed by atoms with Gasteiger partial charge in [-0.2, -0.15) is 0 Å². The minimum absolute atomic E-state index is 0.128. The van der Waals surface area contributed by atoms with E-state index in [1.54, 1.807) is 6.07 Å².